The van der Waals surface area contributed by atoms with Gasteiger partial charge in [0.15, 0.2) is 21.4 Å². The molecule has 1 saturated heterocycles. The highest BCUT2D eigenvalue weighted by Crippen LogP contribution is 2.44. The van der Waals surface area contributed by atoms with Crippen molar-refractivity contribution >= 4 is 27.4 Å². The first-order valence-corrected chi connectivity index (χ1v) is 10.8. The van der Waals surface area contributed by atoms with E-state index in [4.69, 9.17) is 20.9 Å². The molecule has 1 aromatic heterocycles. The summed E-state index contributed by atoms with van der Waals surface area (Å²) < 4.78 is 35.2. The van der Waals surface area contributed by atoms with Gasteiger partial charge in [0.25, 0.3) is 5.95 Å². The first-order valence-electron chi connectivity index (χ1n) is 8.89. The van der Waals surface area contributed by atoms with Gasteiger partial charge in [0.1, 0.15) is 22.9 Å². The third-order valence-electron chi connectivity index (χ3n) is 5.03. The summed E-state index contributed by atoms with van der Waals surface area (Å²) in [6.45, 7) is 6.56. The van der Waals surface area contributed by atoms with E-state index in [-0.39, 0.29) is 29.6 Å². The summed E-state index contributed by atoms with van der Waals surface area (Å²) in [5, 5.41) is 0. The van der Waals surface area contributed by atoms with Crippen LogP contribution in [0.1, 0.15) is 26.5 Å². The zero-order valence-electron chi connectivity index (χ0n) is 16.4. The van der Waals surface area contributed by atoms with Crippen molar-refractivity contribution in [1.82, 2.24) is 9.97 Å². The number of ether oxygens (including phenoxy) is 2. The molecule has 0 bridgehead atoms. The number of aliphatic imine (C=N–C) groups is 1. The fourth-order valence-electron chi connectivity index (χ4n) is 3.20. The zero-order chi connectivity index (χ0) is 20.7. The highest BCUT2D eigenvalue weighted by atomic mass is 32.2. The van der Waals surface area contributed by atoms with Crippen molar-refractivity contribution in [3.05, 3.63) is 18.0 Å². The van der Waals surface area contributed by atoms with Crippen molar-refractivity contribution < 1.29 is 17.9 Å². The van der Waals surface area contributed by atoms with Crippen LogP contribution in [0, 0.1) is 0 Å². The van der Waals surface area contributed by atoms with Crippen LogP contribution in [0.3, 0.4) is 0 Å². The van der Waals surface area contributed by atoms with E-state index in [0.717, 1.165) is 0 Å². The Bertz CT molecular complexity index is 928. The number of hydrogen-bond acceptors (Lipinski definition) is 9. The lowest BCUT2D eigenvalue weighted by atomic mass is 10.0. The van der Waals surface area contributed by atoms with Gasteiger partial charge in [-0.3, -0.25) is 0 Å². The van der Waals surface area contributed by atoms with E-state index >= 15 is 0 Å². The number of fused-ring (bicyclic) bond motifs is 3. The number of nitrogens with two attached hydrogens (primary N) is 2. The normalized spacial score (nSPS) is 23.3. The van der Waals surface area contributed by atoms with E-state index in [1.54, 1.807) is 13.8 Å². The van der Waals surface area contributed by atoms with Crippen LogP contribution in [-0.2, 0) is 19.3 Å². The number of aromatic nitrogens is 2. The molecule has 1 aromatic rings. The fourth-order valence-corrected chi connectivity index (χ4v) is 3.69. The SMILES string of the molecule is C[C@@H]1COCC2COc3c(nc(N=C(N)C=CN)nc3C(C)(C)S(C)(=O)=O)N21. The molecule has 4 N–H and O–H groups in total. The largest absolute Gasteiger partial charge is 0.486 e. The number of amidine groups is 1. The Morgan fingerprint density at radius 2 is 2.04 bits per heavy atom. The average molecular weight is 411 g/mol. The Balaban J connectivity index is 2.25. The maximum Gasteiger partial charge on any atom is 0.253 e. The highest BCUT2D eigenvalue weighted by Gasteiger charge is 2.43. The molecule has 0 saturated carbocycles. The summed E-state index contributed by atoms with van der Waals surface area (Å²) in [6, 6.07) is 0.00192. The number of nitrogens with zero attached hydrogens (tertiary/aromatic N) is 4. The predicted molar refractivity (Wildman–Crippen MR) is 107 cm³/mol. The van der Waals surface area contributed by atoms with Gasteiger partial charge in [-0.25, -0.2) is 13.4 Å². The molecular formula is C17H26N6O4S. The summed E-state index contributed by atoms with van der Waals surface area (Å²) in [6.07, 6.45) is 3.82. The molecular weight excluding hydrogens is 384 g/mol. The Labute approximate surface area is 164 Å². The molecule has 0 spiro atoms. The van der Waals surface area contributed by atoms with Gasteiger partial charge in [-0.05, 0) is 33.0 Å². The Hall–Kier alpha value is -2.40. The first-order chi connectivity index (χ1) is 13.1. The van der Waals surface area contributed by atoms with Crippen molar-refractivity contribution in [2.45, 2.75) is 37.6 Å². The summed E-state index contributed by atoms with van der Waals surface area (Å²) >= 11 is 0. The highest BCUT2D eigenvalue weighted by molar-refractivity contribution is 7.91. The van der Waals surface area contributed by atoms with Crippen LogP contribution in [-0.4, -0.2) is 62.4 Å². The number of morpholine rings is 1. The van der Waals surface area contributed by atoms with E-state index in [1.165, 1.54) is 18.5 Å². The summed E-state index contributed by atoms with van der Waals surface area (Å²) in [5.74, 6) is 1.00. The van der Waals surface area contributed by atoms with Crippen LogP contribution in [0.15, 0.2) is 17.3 Å². The molecule has 11 heteroatoms. The van der Waals surface area contributed by atoms with E-state index < -0.39 is 14.6 Å². The smallest absolute Gasteiger partial charge is 0.253 e. The fraction of sp³-hybridized carbons (Fsp3) is 0.588. The quantitative estimate of drug-likeness (QED) is 0.525. The number of hydrogen-bond donors (Lipinski definition) is 2. The molecule has 2 aliphatic heterocycles. The van der Waals surface area contributed by atoms with Gasteiger partial charge in [0.2, 0.25) is 0 Å². The minimum Gasteiger partial charge on any atom is -0.486 e. The van der Waals surface area contributed by atoms with Crippen molar-refractivity contribution in [2.24, 2.45) is 16.5 Å². The van der Waals surface area contributed by atoms with Gasteiger partial charge in [-0.2, -0.15) is 9.98 Å². The summed E-state index contributed by atoms with van der Waals surface area (Å²) in [7, 11) is -3.51. The van der Waals surface area contributed by atoms with Crippen molar-refractivity contribution in [3.63, 3.8) is 0 Å². The van der Waals surface area contributed by atoms with Gasteiger partial charge in [-0.1, -0.05) is 0 Å². The molecule has 0 aromatic carbocycles. The number of anilines is 1. The van der Waals surface area contributed by atoms with Gasteiger partial charge >= 0.3 is 0 Å². The monoisotopic (exact) mass is 410 g/mol. The van der Waals surface area contributed by atoms with Crippen molar-refractivity contribution in [3.8, 4) is 5.75 Å². The summed E-state index contributed by atoms with van der Waals surface area (Å²) in [5.41, 5.74) is 11.4. The second-order valence-corrected chi connectivity index (χ2v) is 10.0. The van der Waals surface area contributed by atoms with Crippen LogP contribution >= 0.6 is 0 Å². The molecule has 0 radical (unpaired) electrons. The first kappa shape index (κ1) is 20.3. The van der Waals surface area contributed by atoms with Crippen LogP contribution in [0.2, 0.25) is 0 Å². The lowest BCUT2D eigenvalue weighted by molar-refractivity contribution is 0.0482. The second kappa shape index (κ2) is 7.21. The summed E-state index contributed by atoms with van der Waals surface area (Å²) in [4.78, 5) is 15.2. The molecule has 1 fully saturated rings. The molecule has 154 valence electrons. The predicted octanol–water partition coefficient (Wildman–Crippen LogP) is 0.204. The minimum absolute atomic E-state index is 0.0292. The maximum atomic E-state index is 12.5. The lowest BCUT2D eigenvalue weighted by Gasteiger charge is -2.45. The standard InChI is InChI=1S/C17H26N6O4S/c1-10-7-26-8-11-9-27-13-14(17(2,3)28(4,24)25)21-16(20-12(19)5-6-18)22-15(13)23(10)11/h5-6,10-11H,7-9,18H2,1-4H3,(H2,19,20,21,22)/t10-,11?/m1/s1. The van der Waals surface area contributed by atoms with Crippen molar-refractivity contribution in [2.75, 3.05) is 31.0 Å². The Morgan fingerprint density at radius 3 is 2.68 bits per heavy atom. The van der Waals surface area contributed by atoms with Gasteiger partial charge < -0.3 is 25.8 Å². The molecule has 0 amide bonds. The Kier molecular flexibility index (Phi) is 5.24. The van der Waals surface area contributed by atoms with Crippen LogP contribution in [0.25, 0.3) is 0 Å². The molecule has 2 aliphatic rings. The van der Waals surface area contributed by atoms with Crippen molar-refractivity contribution in [1.29, 1.82) is 0 Å². The van der Waals surface area contributed by atoms with E-state index in [0.29, 0.717) is 31.4 Å². The third-order valence-corrected chi connectivity index (χ3v) is 7.08. The molecule has 3 rings (SSSR count). The maximum absolute atomic E-state index is 12.5. The third kappa shape index (κ3) is 3.51. The van der Waals surface area contributed by atoms with E-state index in [1.807, 2.05) is 6.92 Å². The van der Waals surface area contributed by atoms with Crippen LogP contribution in [0.5, 0.6) is 5.75 Å². The lowest BCUT2D eigenvalue weighted by Crippen LogP contribution is -2.56. The average Bonchev–Trinajstić information content (AvgIpc) is 2.60. The molecule has 3 heterocycles. The molecule has 2 atom stereocenters. The second-order valence-electron chi connectivity index (χ2n) is 7.46. The number of rotatable bonds is 4. The Morgan fingerprint density at radius 1 is 1.32 bits per heavy atom. The van der Waals surface area contributed by atoms with Crippen LogP contribution < -0.4 is 21.1 Å². The number of sulfone groups is 1. The van der Waals surface area contributed by atoms with Gasteiger partial charge in [0, 0.05) is 6.26 Å². The molecule has 1 unspecified atom stereocenters. The zero-order valence-corrected chi connectivity index (χ0v) is 17.2. The molecule has 10 nitrogen and oxygen atoms in total. The molecule has 0 aliphatic carbocycles. The van der Waals surface area contributed by atoms with Gasteiger partial charge in [0.05, 0.1) is 25.3 Å². The van der Waals surface area contributed by atoms with Gasteiger partial charge in [-0.15, -0.1) is 0 Å². The minimum atomic E-state index is -3.51. The van der Waals surface area contributed by atoms with Crippen LogP contribution in [0.4, 0.5) is 11.8 Å². The molecule has 28 heavy (non-hydrogen) atoms. The van der Waals surface area contributed by atoms with E-state index in [9.17, 15) is 8.42 Å². The topological polar surface area (TPSA) is 146 Å². The van der Waals surface area contributed by atoms with E-state index in [2.05, 4.69) is 19.9 Å².